The molecule has 0 N–H and O–H groups in total. The minimum Gasteiger partial charge on any atom is -0.338 e. The molecule has 5 rings (SSSR count). The highest BCUT2D eigenvalue weighted by atomic mass is 16.2. The monoisotopic (exact) mass is 419 g/mol. The van der Waals surface area contributed by atoms with Crippen LogP contribution in [0.4, 0.5) is 5.95 Å². The van der Waals surface area contributed by atoms with Gasteiger partial charge in [0.2, 0.25) is 17.8 Å². The molecule has 7 nitrogen and oxygen atoms in total. The number of likely N-dealkylation sites (tertiary alicyclic amines) is 1. The molecule has 1 atom stereocenters. The zero-order chi connectivity index (χ0) is 21.3. The van der Waals surface area contributed by atoms with Crippen molar-refractivity contribution in [3.63, 3.8) is 0 Å². The van der Waals surface area contributed by atoms with Crippen LogP contribution in [0.15, 0.2) is 48.8 Å². The van der Waals surface area contributed by atoms with Gasteiger partial charge in [0.15, 0.2) is 0 Å². The number of benzene rings is 1. The van der Waals surface area contributed by atoms with Crippen molar-refractivity contribution in [3.8, 4) is 0 Å². The molecule has 2 amide bonds. The lowest BCUT2D eigenvalue weighted by atomic mass is 9.60. The summed E-state index contributed by atoms with van der Waals surface area (Å²) in [5.41, 5.74) is 0.853. The van der Waals surface area contributed by atoms with E-state index in [9.17, 15) is 9.59 Å². The van der Waals surface area contributed by atoms with E-state index in [-0.39, 0.29) is 29.8 Å². The molecule has 1 spiro atoms. The van der Waals surface area contributed by atoms with Crippen molar-refractivity contribution in [1.29, 1.82) is 0 Å². The van der Waals surface area contributed by atoms with E-state index in [0.29, 0.717) is 32.1 Å². The topological polar surface area (TPSA) is 69.6 Å². The minimum atomic E-state index is -0.302. The summed E-state index contributed by atoms with van der Waals surface area (Å²) in [5, 5.41) is 0. The molecule has 3 heterocycles. The first-order valence-corrected chi connectivity index (χ1v) is 11.3. The molecule has 2 saturated heterocycles. The predicted octanol–water partition coefficient (Wildman–Crippen LogP) is 2.66. The van der Waals surface area contributed by atoms with Crippen molar-refractivity contribution in [2.75, 3.05) is 37.6 Å². The van der Waals surface area contributed by atoms with Crippen LogP contribution in [0, 0.1) is 5.41 Å². The third kappa shape index (κ3) is 3.56. The molecular weight excluding hydrogens is 390 g/mol. The molecule has 7 heteroatoms. The van der Waals surface area contributed by atoms with Crippen molar-refractivity contribution >= 4 is 17.8 Å². The number of hydrogen-bond donors (Lipinski definition) is 0. The van der Waals surface area contributed by atoms with Crippen LogP contribution in [0.25, 0.3) is 0 Å². The van der Waals surface area contributed by atoms with E-state index in [1.165, 1.54) is 6.42 Å². The third-order valence-electron chi connectivity index (χ3n) is 7.16. The first-order valence-electron chi connectivity index (χ1n) is 11.3. The molecule has 2 aromatic rings. The van der Waals surface area contributed by atoms with Gasteiger partial charge in [-0.15, -0.1) is 0 Å². The first kappa shape index (κ1) is 20.0. The SMILES string of the molecule is O=C(CN1C(=O)C2(CCCCC2)C1c1ccccc1)N1CCN(c2ncccn2)CC1. The lowest BCUT2D eigenvalue weighted by molar-refractivity contribution is -0.181. The zero-order valence-electron chi connectivity index (χ0n) is 17.8. The lowest BCUT2D eigenvalue weighted by Crippen LogP contribution is -2.66. The van der Waals surface area contributed by atoms with Gasteiger partial charge in [-0.25, -0.2) is 9.97 Å². The van der Waals surface area contributed by atoms with Crippen molar-refractivity contribution < 1.29 is 9.59 Å². The standard InChI is InChI=1S/C24H29N5O2/c30-20(27-14-16-28(17-15-27)23-25-12-7-13-26-23)18-29-21(19-8-3-1-4-9-19)24(22(29)31)10-5-2-6-11-24/h1,3-4,7-9,12-13,21H,2,5-6,10-11,14-18H2. The fraction of sp³-hybridized carbons (Fsp3) is 0.500. The maximum atomic E-state index is 13.3. The normalized spacial score (nSPS) is 23.0. The van der Waals surface area contributed by atoms with Gasteiger partial charge in [-0.1, -0.05) is 49.6 Å². The molecule has 31 heavy (non-hydrogen) atoms. The first-order chi connectivity index (χ1) is 15.2. The number of carbonyl (C=O) groups excluding carboxylic acids is 2. The molecule has 0 radical (unpaired) electrons. The highest BCUT2D eigenvalue weighted by Gasteiger charge is 2.60. The van der Waals surface area contributed by atoms with Crippen LogP contribution in [0.2, 0.25) is 0 Å². The van der Waals surface area contributed by atoms with E-state index in [2.05, 4.69) is 27.0 Å². The second kappa shape index (κ2) is 8.29. The predicted molar refractivity (Wildman–Crippen MR) is 117 cm³/mol. The smallest absolute Gasteiger partial charge is 0.242 e. The highest BCUT2D eigenvalue weighted by Crippen LogP contribution is 2.57. The van der Waals surface area contributed by atoms with Crippen LogP contribution in [-0.2, 0) is 9.59 Å². The molecule has 1 aromatic carbocycles. The number of carbonyl (C=O) groups is 2. The molecule has 0 bridgehead atoms. The fourth-order valence-electron chi connectivity index (χ4n) is 5.58. The summed E-state index contributed by atoms with van der Waals surface area (Å²) < 4.78 is 0. The quantitative estimate of drug-likeness (QED) is 0.713. The Labute approximate surface area is 183 Å². The second-order valence-corrected chi connectivity index (χ2v) is 8.88. The Morgan fingerprint density at radius 2 is 1.61 bits per heavy atom. The number of nitrogens with zero attached hydrogens (tertiary/aromatic N) is 5. The molecule has 1 aliphatic carbocycles. The minimum absolute atomic E-state index is 0.0180. The number of aromatic nitrogens is 2. The van der Waals surface area contributed by atoms with Gasteiger partial charge in [0, 0.05) is 38.6 Å². The third-order valence-corrected chi connectivity index (χ3v) is 7.16. The van der Waals surface area contributed by atoms with Crippen LogP contribution in [-0.4, -0.2) is 64.3 Å². The van der Waals surface area contributed by atoms with Crippen molar-refractivity contribution in [2.24, 2.45) is 5.41 Å². The van der Waals surface area contributed by atoms with Gasteiger partial charge >= 0.3 is 0 Å². The Hall–Kier alpha value is -2.96. The largest absolute Gasteiger partial charge is 0.338 e. The van der Waals surface area contributed by atoms with Gasteiger partial charge in [-0.3, -0.25) is 9.59 Å². The van der Waals surface area contributed by atoms with E-state index in [4.69, 9.17) is 0 Å². The summed E-state index contributed by atoms with van der Waals surface area (Å²) in [7, 11) is 0. The molecule has 1 saturated carbocycles. The van der Waals surface area contributed by atoms with Crippen LogP contribution >= 0.6 is 0 Å². The van der Waals surface area contributed by atoms with Crippen molar-refractivity contribution in [1.82, 2.24) is 19.8 Å². The molecule has 1 unspecified atom stereocenters. The van der Waals surface area contributed by atoms with Gasteiger partial charge in [0.05, 0.1) is 11.5 Å². The Bertz CT molecular complexity index is 922. The molecule has 162 valence electrons. The van der Waals surface area contributed by atoms with E-state index in [0.717, 1.165) is 31.2 Å². The molecule has 3 fully saturated rings. The van der Waals surface area contributed by atoms with Crippen LogP contribution in [0.1, 0.15) is 43.7 Å². The number of anilines is 1. The average molecular weight is 420 g/mol. The summed E-state index contributed by atoms with van der Waals surface area (Å²) in [5.74, 6) is 0.912. The van der Waals surface area contributed by atoms with E-state index in [1.54, 1.807) is 18.5 Å². The molecule has 1 aromatic heterocycles. The molecule has 2 aliphatic heterocycles. The van der Waals surface area contributed by atoms with Crippen molar-refractivity contribution in [3.05, 3.63) is 54.4 Å². The summed E-state index contributed by atoms with van der Waals surface area (Å²) in [6, 6.07) is 12.1. The lowest BCUT2D eigenvalue weighted by Gasteiger charge is -2.58. The van der Waals surface area contributed by atoms with Crippen molar-refractivity contribution in [2.45, 2.75) is 38.1 Å². The average Bonchev–Trinajstić information content (AvgIpc) is 2.85. The summed E-state index contributed by atoms with van der Waals surface area (Å²) in [4.78, 5) is 40.8. The molecule has 3 aliphatic rings. The van der Waals surface area contributed by atoms with Crippen LogP contribution in [0.3, 0.4) is 0 Å². The summed E-state index contributed by atoms with van der Waals surface area (Å²) in [6.45, 7) is 2.83. The maximum absolute atomic E-state index is 13.3. The van der Waals surface area contributed by atoms with Gasteiger partial charge in [0.25, 0.3) is 0 Å². The fourth-order valence-corrected chi connectivity index (χ4v) is 5.58. The number of hydrogen-bond acceptors (Lipinski definition) is 5. The van der Waals surface area contributed by atoms with E-state index in [1.807, 2.05) is 28.0 Å². The molecular formula is C24H29N5O2. The Morgan fingerprint density at radius 1 is 0.935 bits per heavy atom. The summed E-state index contributed by atoms with van der Waals surface area (Å²) >= 11 is 0. The number of amides is 2. The van der Waals surface area contributed by atoms with Crippen LogP contribution < -0.4 is 4.90 Å². The Kier molecular flexibility index (Phi) is 5.34. The second-order valence-electron chi connectivity index (χ2n) is 8.88. The maximum Gasteiger partial charge on any atom is 0.242 e. The Morgan fingerprint density at radius 3 is 2.29 bits per heavy atom. The zero-order valence-corrected chi connectivity index (χ0v) is 17.8. The van der Waals surface area contributed by atoms with Gasteiger partial charge in [0.1, 0.15) is 6.54 Å². The number of piperazine rings is 1. The number of rotatable bonds is 4. The van der Waals surface area contributed by atoms with Gasteiger partial charge in [-0.2, -0.15) is 0 Å². The summed E-state index contributed by atoms with van der Waals surface area (Å²) in [6.07, 6.45) is 8.74. The van der Waals surface area contributed by atoms with Crippen LogP contribution in [0.5, 0.6) is 0 Å². The van der Waals surface area contributed by atoms with E-state index >= 15 is 0 Å². The number of β-lactam (4-membered cyclic amide) rings is 1. The van der Waals surface area contributed by atoms with Gasteiger partial charge in [-0.05, 0) is 24.5 Å². The van der Waals surface area contributed by atoms with Gasteiger partial charge < -0.3 is 14.7 Å². The van der Waals surface area contributed by atoms with E-state index < -0.39 is 0 Å². The Balaban J connectivity index is 1.27. The highest BCUT2D eigenvalue weighted by molar-refractivity contribution is 5.94.